The summed E-state index contributed by atoms with van der Waals surface area (Å²) in [6, 6.07) is 59.4. The van der Waals surface area contributed by atoms with E-state index in [0.29, 0.717) is 0 Å². The highest BCUT2D eigenvalue weighted by Gasteiger charge is 2.18. The Kier molecular flexibility index (Phi) is 9.11. The number of hydrogen-bond acceptors (Lipinski definition) is 2. The van der Waals surface area contributed by atoms with Gasteiger partial charge < -0.3 is 4.90 Å². The maximum Gasteiger partial charge on any atom is 0.0540 e. The Balaban J connectivity index is 1.11. The van der Waals surface area contributed by atoms with Gasteiger partial charge in [0.15, 0.2) is 0 Å². The highest BCUT2D eigenvalue weighted by molar-refractivity contribution is 14.1. The number of halogens is 1. The second kappa shape index (κ2) is 14.3. The predicted octanol–water partition coefficient (Wildman–Crippen LogP) is 14.0. The summed E-state index contributed by atoms with van der Waals surface area (Å²) in [4.78, 5) is 2.41. The van der Waals surface area contributed by atoms with Gasteiger partial charge in [-0.2, -0.15) is 0 Å². The average molecular weight is 760 g/mol. The molecule has 0 N–H and O–H groups in total. The molecule has 0 aliphatic carbocycles. The molecule has 3 heteroatoms. The molecule has 0 atom stereocenters. The summed E-state index contributed by atoms with van der Waals surface area (Å²) in [5, 5.41) is 5.19. The van der Waals surface area contributed by atoms with Crippen molar-refractivity contribution >= 4 is 87.5 Å². The number of thiophene rings is 1. The van der Waals surface area contributed by atoms with Crippen LogP contribution < -0.4 is 4.90 Å². The first-order valence-electron chi connectivity index (χ1n) is 16.6. The third-order valence-corrected chi connectivity index (χ3v) is 11.1. The van der Waals surface area contributed by atoms with Crippen molar-refractivity contribution < 1.29 is 0 Å². The van der Waals surface area contributed by atoms with Crippen LogP contribution in [0.2, 0.25) is 0 Å². The topological polar surface area (TPSA) is 3.24 Å². The van der Waals surface area contributed by atoms with Gasteiger partial charge in [0.25, 0.3) is 0 Å². The number of allylic oxidation sites excluding steroid dienone is 4. The largest absolute Gasteiger partial charge is 0.310 e. The minimum absolute atomic E-state index is 0.872. The smallest absolute Gasteiger partial charge is 0.0540 e. The van der Waals surface area contributed by atoms with Crippen LogP contribution in [0.25, 0.3) is 47.6 Å². The number of rotatable bonds is 9. The Morgan fingerprint density at radius 2 is 1.31 bits per heavy atom. The van der Waals surface area contributed by atoms with Crippen LogP contribution >= 0.6 is 33.9 Å². The van der Waals surface area contributed by atoms with Crippen molar-refractivity contribution in [1.82, 2.24) is 0 Å². The fourth-order valence-electron chi connectivity index (χ4n) is 6.59. The molecule has 0 spiro atoms. The van der Waals surface area contributed by atoms with E-state index in [1.165, 1.54) is 58.8 Å². The van der Waals surface area contributed by atoms with Crippen LogP contribution in [-0.4, -0.2) is 4.43 Å². The second-order valence-electron chi connectivity index (χ2n) is 12.2. The van der Waals surface area contributed by atoms with Gasteiger partial charge >= 0.3 is 0 Å². The molecular weight excluding hydrogens is 725 g/mol. The molecule has 0 bridgehead atoms. The maximum absolute atomic E-state index is 2.47. The molecule has 0 saturated heterocycles. The first-order chi connectivity index (χ1) is 24.2. The van der Waals surface area contributed by atoms with Gasteiger partial charge in [-0.3, -0.25) is 0 Å². The third-order valence-electron chi connectivity index (χ3n) is 9.10. The van der Waals surface area contributed by atoms with Gasteiger partial charge in [0.1, 0.15) is 0 Å². The SMILES string of the molecule is IC/C(=C\C=C/Cc1ccc(N(c2ccc3c(c2)sc2ccccc23)c2ccccc2-c2ccccc2)cc1)c1ccc2ccccc2c1. The zero-order valence-corrected chi connectivity index (χ0v) is 29.9. The van der Waals surface area contributed by atoms with E-state index in [4.69, 9.17) is 0 Å². The molecular formula is C46H34INS. The Hall–Kier alpha value is -4.97. The second-order valence-corrected chi connectivity index (χ2v) is 14.0. The Morgan fingerprint density at radius 3 is 2.16 bits per heavy atom. The quantitative estimate of drug-likeness (QED) is 0.0805. The molecule has 0 fully saturated rings. The lowest BCUT2D eigenvalue weighted by atomic mass is 10.0. The molecule has 49 heavy (non-hydrogen) atoms. The molecule has 0 amide bonds. The van der Waals surface area contributed by atoms with Crippen molar-refractivity contribution in [3.05, 3.63) is 193 Å². The van der Waals surface area contributed by atoms with Gasteiger partial charge in [0.2, 0.25) is 0 Å². The minimum atomic E-state index is 0.872. The summed E-state index contributed by atoms with van der Waals surface area (Å²) >= 11 is 4.33. The molecule has 7 aromatic carbocycles. The lowest BCUT2D eigenvalue weighted by Gasteiger charge is -2.28. The molecule has 8 rings (SSSR count). The summed E-state index contributed by atoms with van der Waals surface area (Å²) in [5.74, 6) is 0. The van der Waals surface area contributed by atoms with Crippen LogP contribution in [0, 0.1) is 0 Å². The lowest BCUT2D eigenvalue weighted by molar-refractivity contribution is 1.24. The lowest BCUT2D eigenvalue weighted by Crippen LogP contribution is -2.11. The molecule has 1 aromatic heterocycles. The van der Waals surface area contributed by atoms with Crippen LogP contribution in [0.4, 0.5) is 17.1 Å². The number of fused-ring (bicyclic) bond motifs is 4. The van der Waals surface area contributed by atoms with Gasteiger partial charge in [-0.05, 0) is 81.9 Å². The van der Waals surface area contributed by atoms with E-state index >= 15 is 0 Å². The molecule has 8 aromatic rings. The maximum atomic E-state index is 2.47. The number of hydrogen-bond donors (Lipinski definition) is 0. The number of alkyl halides is 1. The zero-order valence-electron chi connectivity index (χ0n) is 27.0. The van der Waals surface area contributed by atoms with Crippen molar-refractivity contribution in [2.24, 2.45) is 0 Å². The fourth-order valence-corrected chi connectivity index (χ4v) is 8.42. The van der Waals surface area contributed by atoms with E-state index in [0.717, 1.165) is 27.9 Å². The van der Waals surface area contributed by atoms with E-state index < -0.39 is 0 Å². The molecule has 0 unspecified atom stereocenters. The van der Waals surface area contributed by atoms with Crippen molar-refractivity contribution in [2.45, 2.75) is 6.42 Å². The molecule has 0 radical (unpaired) electrons. The molecule has 0 aliphatic heterocycles. The number of benzene rings is 7. The highest BCUT2D eigenvalue weighted by atomic mass is 127. The third kappa shape index (κ3) is 6.57. The van der Waals surface area contributed by atoms with Crippen molar-refractivity contribution in [3.63, 3.8) is 0 Å². The molecule has 0 saturated carbocycles. The summed E-state index contributed by atoms with van der Waals surface area (Å²) in [6.07, 6.45) is 7.61. The van der Waals surface area contributed by atoms with Crippen molar-refractivity contribution in [2.75, 3.05) is 9.33 Å². The van der Waals surface area contributed by atoms with E-state index in [9.17, 15) is 0 Å². The normalized spacial score (nSPS) is 12.0. The number of anilines is 3. The minimum Gasteiger partial charge on any atom is -0.310 e. The van der Waals surface area contributed by atoms with Gasteiger partial charge in [-0.1, -0.05) is 162 Å². The van der Waals surface area contributed by atoms with E-state index in [1.807, 2.05) is 11.3 Å². The van der Waals surface area contributed by atoms with E-state index in [2.05, 4.69) is 210 Å². The Labute approximate surface area is 305 Å². The Morgan fingerprint density at radius 1 is 0.592 bits per heavy atom. The first-order valence-corrected chi connectivity index (χ1v) is 18.9. The predicted molar refractivity (Wildman–Crippen MR) is 223 cm³/mol. The van der Waals surface area contributed by atoms with Gasteiger partial charge in [0.05, 0.1) is 5.69 Å². The molecule has 0 aliphatic rings. The summed E-state index contributed by atoms with van der Waals surface area (Å²) in [7, 11) is 0. The van der Waals surface area contributed by atoms with Crippen LogP contribution in [0.1, 0.15) is 11.1 Å². The average Bonchev–Trinajstić information content (AvgIpc) is 3.54. The molecule has 1 heterocycles. The Bertz CT molecular complexity index is 2450. The van der Waals surface area contributed by atoms with Crippen molar-refractivity contribution in [3.8, 4) is 11.1 Å². The molecule has 236 valence electrons. The van der Waals surface area contributed by atoms with E-state index in [-0.39, 0.29) is 0 Å². The molecule has 1 nitrogen and oxygen atoms in total. The number of para-hydroxylation sites is 1. The van der Waals surface area contributed by atoms with E-state index in [1.54, 1.807) is 0 Å². The van der Waals surface area contributed by atoms with Crippen molar-refractivity contribution in [1.29, 1.82) is 0 Å². The number of nitrogens with zero attached hydrogens (tertiary/aromatic N) is 1. The van der Waals surface area contributed by atoms with Gasteiger partial charge in [-0.15, -0.1) is 11.3 Å². The van der Waals surface area contributed by atoms with Gasteiger partial charge in [0, 0.05) is 41.5 Å². The highest BCUT2D eigenvalue weighted by Crippen LogP contribution is 2.43. The fraction of sp³-hybridized carbons (Fsp3) is 0.0435. The van der Waals surface area contributed by atoms with Crippen LogP contribution in [-0.2, 0) is 6.42 Å². The van der Waals surface area contributed by atoms with Gasteiger partial charge in [-0.25, -0.2) is 0 Å². The monoisotopic (exact) mass is 759 g/mol. The van der Waals surface area contributed by atoms with Crippen LogP contribution in [0.15, 0.2) is 182 Å². The summed E-state index contributed by atoms with van der Waals surface area (Å²) in [6.45, 7) is 0. The first kappa shape index (κ1) is 31.3. The summed E-state index contributed by atoms with van der Waals surface area (Å²) < 4.78 is 3.58. The summed E-state index contributed by atoms with van der Waals surface area (Å²) in [5.41, 5.74) is 9.76. The standard InChI is InChI=1S/C46H34INS/c47-32-38(37-25-24-34-13-6-7-16-36(34)30-37)17-5-4-12-33-22-26-39(27-23-33)48(44-20-10-8-18-41(44)35-14-2-1-3-15-35)40-28-29-43-42-19-9-11-21-45(42)49-46(43)31-40/h1-11,13-31H,12,32H2/b5-4-,38-17+. The zero-order chi connectivity index (χ0) is 33.0. The van der Waals surface area contributed by atoms with Crippen LogP contribution in [0.5, 0.6) is 0 Å². The van der Waals surface area contributed by atoms with Crippen LogP contribution in [0.3, 0.4) is 0 Å².